The lowest BCUT2D eigenvalue weighted by atomic mass is 10.0. The lowest BCUT2D eigenvalue weighted by Crippen LogP contribution is -2.28. The molecular weight excluding hydrogens is 410 g/mol. The van der Waals surface area contributed by atoms with E-state index in [0.29, 0.717) is 6.01 Å². The molecule has 2 aromatic carbocycles. The van der Waals surface area contributed by atoms with Gasteiger partial charge in [0, 0.05) is 18.8 Å². The molecule has 0 spiro atoms. The number of thiazole rings is 1. The normalized spacial score (nSPS) is 15.3. The van der Waals surface area contributed by atoms with Gasteiger partial charge in [-0.15, -0.1) is 11.3 Å². The molecule has 158 valence electrons. The third-order valence-electron chi connectivity index (χ3n) is 5.68. The van der Waals surface area contributed by atoms with Gasteiger partial charge in [-0.1, -0.05) is 24.3 Å². The number of esters is 1. The van der Waals surface area contributed by atoms with E-state index in [4.69, 9.17) is 9.15 Å². The molecule has 5 rings (SSSR count). The number of carbonyl (C=O) groups excluding carboxylic acids is 1. The van der Waals surface area contributed by atoms with Crippen LogP contribution in [-0.4, -0.2) is 15.9 Å². The summed E-state index contributed by atoms with van der Waals surface area (Å²) in [7, 11) is 0. The summed E-state index contributed by atoms with van der Waals surface area (Å²) in [4.78, 5) is 21.8. The van der Waals surface area contributed by atoms with Gasteiger partial charge in [-0.3, -0.25) is 4.79 Å². The van der Waals surface area contributed by atoms with Crippen LogP contribution in [0.4, 0.5) is 11.7 Å². The number of aromatic nitrogens is 2. The minimum absolute atomic E-state index is 0.247. The van der Waals surface area contributed by atoms with Gasteiger partial charge in [-0.2, -0.15) is 4.98 Å². The molecule has 0 radical (unpaired) electrons. The van der Waals surface area contributed by atoms with E-state index < -0.39 is 5.60 Å². The summed E-state index contributed by atoms with van der Waals surface area (Å²) in [5, 5.41) is 4.12. The fourth-order valence-electron chi connectivity index (χ4n) is 4.18. The molecule has 0 saturated heterocycles. The molecule has 1 aliphatic carbocycles. The van der Waals surface area contributed by atoms with Gasteiger partial charge in [0.25, 0.3) is 6.01 Å². The highest BCUT2D eigenvalue weighted by Crippen LogP contribution is 2.45. The van der Waals surface area contributed by atoms with E-state index in [2.05, 4.69) is 15.3 Å². The van der Waals surface area contributed by atoms with Gasteiger partial charge in [-0.05, 0) is 61.9 Å². The van der Waals surface area contributed by atoms with Gasteiger partial charge in [0.1, 0.15) is 10.5 Å². The number of benzene rings is 2. The van der Waals surface area contributed by atoms with Gasteiger partial charge >= 0.3 is 5.97 Å². The zero-order chi connectivity index (χ0) is 21.4. The van der Waals surface area contributed by atoms with Crippen LogP contribution in [0.5, 0.6) is 0 Å². The monoisotopic (exact) mass is 433 g/mol. The Hall–Kier alpha value is -3.19. The lowest BCUT2D eigenvalue weighted by Gasteiger charge is -2.25. The standard InChI is InChI=1S/C24H23N3O3S/c1-15-6-5-7-19-21(15)29-23(27-19)26-18-10-8-17(9-11-18)20-14-25-22(31-20)24(30-16(2)28)12-3-4-13-24/h5-11,14H,3-4,12-13H2,1-2H3,(H,26,27). The van der Waals surface area contributed by atoms with E-state index in [0.717, 1.165) is 63.5 Å². The number of nitrogens with zero attached hydrogens (tertiary/aromatic N) is 2. The molecule has 2 aromatic heterocycles. The van der Waals surface area contributed by atoms with Gasteiger partial charge < -0.3 is 14.5 Å². The van der Waals surface area contributed by atoms with E-state index in [9.17, 15) is 4.79 Å². The molecule has 1 fully saturated rings. The minimum atomic E-state index is -0.554. The molecule has 0 unspecified atom stereocenters. The van der Waals surface area contributed by atoms with Crippen molar-refractivity contribution in [2.45, 2.75) is 45.1 Å². The second-order valence-corrected chi connectivity index (χ2v) is 9.00. The molecular formula is C24H23N3O3S. The van der Waals surface area contributed by atoms with E-state index >= 15 is 0 Å². The number of hydrogen-bond acceptors (Lipinski definition) is 7. The van der Waals surface area contributed by atoms with Crippen LogP contribution >= 0.6 is 11.3 Å². The average molecular weight is 434 g/mol. The molecule has 7 heteroatoms. The van der Waals surface area contributed by atoms with Crippen molar-refractivity contribution in [3.05, 3.63) is 59.2 Å². The predicted molar refractivity (Wildman–Crippen MR) is 121 cm³/mol. The Balaban J connectivity index is 1.35. The van der Waals surface area contributed by atoms with Crippen molar-refractivity contribution in [3.63, 3.8) is 0 Å². The zero-order valence-corrected chi connectivity index (χ0v) is 18.3. The van der Waals surface area contributed by atoms with Crippen molar-refractivity contribution in [1.82, 2.24) is 9.97 Å². The molecule has 0 bridgehead atoms. The number of fused-ring (bicyclic) bond motifs is 1. The number of aryl methyl sites for hydroxylation is 1. The van der Waals surface area contributed by atoms with Crippen LogP contribution < -0.4 is 5.32 Å². The number of carbonyl (C=O) groups is 1. The molecule has 0 aliphatic heterocycles. The van der Waals surface area contributed by atoms with Crippen LogP contribution in [0.1, 0.15) is 43.2 Å². The van der Waals surface area contributed by atoms with Gasteiger partial charge in [0.05, 0.1) is 4.88 Å². The molecule has 31 heavy (non-hydrogen) atoms. The predicted octanol–water partition coefficient (Wildman–Crippen LogP) is 6.34. The maximum Gasteiger partial charge on any atom is 0.303 e. The Labute approximate surface area is 184 Å². The van der Waals surface area contributed by atoms with E-state index in [1.807, 2.05) is 55.6 Å². The maximum atomic E-state index is 11.7. The van der Waals surface area contributed by atoms with Gasteiger partial charge in [0.15, 0.2) is 11.2 Å². The third-order valence-corrected chi connectivity index (χ3v) is 6.91. The Morgan fingerprint density at radius 2 is 1.94 bits per heavy atom. The number of nitrogens with one attached hydrogen (secondary N) is 1. The lowest BCUT2D eigenvalue weighted by molar-refractivity contribution is -0.157. The average Bonchev–Trinajstić information content (AvgIpc) is 3.48. The number of rotatable bonds is 5. The zero-order valence-electron chi connectivity index (χ0n) is 17.5. The van der Waals surface area contributed by atoms with Crippen LogP contribution in [0.3, 0.4) is 0 Å². The van der Waals surface area contributed by atoms with E-state index in [1.54, 1.807) is 11.3 Å². The molecule has 1 aliphatic rings. The van der Waals surface area contributed by atoms with Crippen molar-refractivity contribution in [3.8, 4) is 10.4 Å². The van der Waals surface area contributed by atoms with Crippen molar-refractivity contribution < 1.29 is 13.9 Å². The summed E-state index contributed by atoms with van der Waals surface area (Å²) < 4.78 is 11.6. The second kappa shape index (κ2) is 7.81. The van der Waals surface area contributed by atoms with Crippen LogP contribution in [0, 0.1) is 6.92 Å². The third kappa shape index (κ3) is 3.81. The maximum absolute atomic E-state index is 11.7. The summed E-state index contributed by atoms with van der Waals surface area (Å²) >= 11 is 1.60. The summed E-state index contributed by atoms with van der Waals surface area (Å²) in [5.41, 5.74) is 4.10. The fraction of sp³-hybridized carbons (Fsp3) is 0.292. The Morgan fingerprint density at radius 1 is 1.16 bits per heavy atom. The van der Waals surface area contributed by atoms with Crippen LogP contribution in [-0.2, 0) is 15.1 Å². The molecule has 1 N–H and O–H groups in total. The first kappa shape index (κ1) is 19.8. The van der Waals surface area contributed by atoms with Crippen molar-refractivity contribution >= 4 is 40.1 Å². The number of hydrogen-bond donors (Lipinski definition) is 1. The van der Waals surface area contributed by atoms with Crippen molar-refractivity contribution in [1.29, 1.82) is 0 Å². The Kier molecular flexibility index (Phi) is 4.98. The SMILES string of the molecule is CC(=O)OC1(c2ncc(-c3ccc(Nc4nc5cccc(C)c5o4)cc3)s2)CCCC1. The quantitative estimate of drug-likeness (QED) is 0.370. The number of ether oxygens (including phenoxy) is 1. The summed E-state index contributed by atoms with van der Waals surface area (Å²) in [5.74, 6) is -0.247. The first-order valence-electron chi connectivity index (χ1n) is 10.4. The topological polar surface area (TPSA) is 77.2 Å². The van der Waals surface area contributed by atoms with E-state index in [-0.39, 0.29) is 5.97 Å². The van der Waals surface area contributed by atoms with Crippen LogP contribution in [0.15, 0.2) is 53.1 Å². The molecule has 2 heterocycles. The molecule has 0 amide bonds. The summed E-state index contributed by atoms with van der Waals surface area (Å²) in [6, 6.07) is 14.5. The Bertz CT molecular complexity index is 1240. The number of anilines is 2. The largest absolute Gasteiger partial charge is 0.452 e. The first-order chi connectivity index (χ1) is 15.0. The Morgan fingerprint density at radius 3 is 2.65 bits per heavy atom. The first-order valence-corrected chi connectivity index (χ1v) is 11.2. The van der Waals surface area contributed by atoms with Crippen LogP contribution in [0.25, 0.3) is 21.5 Å². The molecule has 1 saturated carbocycles. The number of para-hydroxylation sites is 1. The summed E-state index contributed by atoms with van der Waals surface area (Å²) in [6.07, 6.45) is 5.66. The molecule has 0 atom stereocenters. The molecule has 6 nitrogen and oxygen atoms in total. The van der Waals surface area contributed by atoms with Crippen LogP contribution in [0.2, 0.25) is 0 Å². The van der Waals surface area contributed by atoms with Crippen molar-refractivity contribution in [2.75, 3.05) is 5.32 Å². The highest BCUT2D eigenvalue weighted by molar-refractivity contribution is 7.15. The number of oxazole rings is 1. The van der Waals surface area contributed by atoms with Gasteiger partial charge in [0.2, 0.25) is 0 Å². The van der Waals surface area contributed by atoms with Crippen molar-refractivity contribution in [2.24, 2.45) is 0 Å². The molecule has 4 aromatic rings. The fourth-order valence-corrected chi connectivity index (χ4v) is 5.29. The second-order valence-electron chi connectivity index (χ2n) is 7.97. The van der Waals surface area contributed by atoms with Gasteiger partial charge in [-0.25, -0.2) is 4.98 Å². The van der Waals surface area contributed by atoms with E-state index in [1.165, 1.54) is 6.92 Å². The smallest absolute Gasteiger partial charge is 0.303 e. The summed E-state index contributed by atoms with van der Waals surface area (Å²) in [6.45, 7) is 3.48. The highest BCUT2D eigenvalue weighted by Gasteiger charge is 2.41. The minimum Gasteiger partial charge on any atom is -0.452 e. The highest BCUT2D eigenvalue weighted by atomic mass is 32.1.